The summed E-state index contributed by atoms with van der Waals surface area (Å²) in [6, 6.07) is 7.92. The Bertz CT molecular complexity index is 1260. The number of carbonyl (C=O) groups is 3. The second kappa shape index (κ2) is 16.0. The number of nitrogens with zero attached hydrogens (tertiary/aromatic N) is 1. The molecular formula is C35H51FN4O3. The van der Waals surface area contributed by atoms with E-state index in [-0.39, 0.29) is 40.3 Å². The lowest BCUT2D eigenvalue weighted by Crippen LogP contribution is -2.33. The lowest BCUT2D eigenvalue weighted by atomic mass is 9.91. The predicted octanol–water partition coefficient (Wildman–Crippen LogP) is 6.49. The van der Waals surface area contributed by atoms with Gasteiger partial charge in [-0.3, -0.25) is 14.4 Å². The van der Waals surface area contributed by atoms with Gasteiger partial charge in [-0.15, -0.1) is 0 Å². The molecule has 7 nitrogen and oxygen atoms in total. The fourth-order valence-electron chi connectivity index (χ4n) is 4.84. The van der Waals surface area contributed by atoms with Gasteiger partial charge in [-0.2, -0.15) is 0 Å². The highest BCUT2D eigenvalue weighted by Gasteiger charge is 2.26. The Morgan fingerprint density at radius 1 is 0.837 bits per heavy atom. The van der Waals surface area contributed by atoms with E-state index in [1.165, 1.54) is 6.07 Å². The maximum absolute atomic E-state index is 15.1. The molecule has 3 N–H and O–H groups in total. The minimum absolute atomic E-state index is 0.103. The molecule has 0 spiro atoms. The van der Waals surface area contributed by atoms with Crippen LogP contribution in [0.2, 0.25) is 0 Å². The molecule has 0 aliphatic heterocycles. The molecule has 3 rings (SSSR count). The second-order valence-corrected chi connectivity index (χ2v) is 13.0. The molecule has 0 radical (unpaired) electrons. The highest BCUT2D eigenvalue weighted by Crippen LogP contribution is 2.31. The third-order valence-corrected chi connectivity index (χ3v) is 7.71. The minimum Gasteiger partial charge on any atom is -0.352 e. The standard InChI is InChI=1S/C35H51FN4O3/c1-7-9-17-40(18-10-8-2)19-11-16-37-34(43)30-20-25(32(41)38-23-35(4,5)6)12-15-28(30)29-21-26(22-31(36)24(29)3)33(42)39-27-13-14-27/h12,15,20-22,27H,7-11,13-14,16-19,23H2,1-6H3,(H,37,43)(H,38,41)(H,39,42). The number of carbonyl (C=O) groups excluding carboxylic acids is 3. The van der Waals surface area contributed by atoms with Gasteiger partial charge in [-0.05, 0) is 105 Å². The number of benzene rings is 2. The van der Waals surface area contributed by atoms with Gasteiger partial charge >= 0.3 is 0 Å². The molecule has 0 saturated heterocycles. The molecule has 1 aliphatic rings. The van der Waals surface area contributed by atoms with Crippen LogP contribution in [0.25, 0.3) is 11.1 Å². The highest BCUT2D eigenvalue weighted by atomic mass is 19.1. The Labute approximate surface area is 257 Å². The summed E-state index contributed by atoms with van der Waals surface area (Å²) in [4.78, 5) is 42.0. The molecule has 1 fully saturated rings. The van der Waals surface area contributed by atoms with Crippen molar-refractivity contribution in [1.82, 2.24) is 20.9 Å². The molecule has 0 heterocycles. The number of amides is 3. The Kier molecular flexibility index (Phi) is 12.7. The first kappa shape index (κ1) is 34.2. The van der Waals surface area contributed by atoms with Crippen molar-refractivity contribution < 1.29 is 18.8 Å². The summed E-state index contributed by atoms with van der Waals surface area (Å²) < 4.78 is 15.1. The lowest BCUT2D eigenvalue weighted by Gasteiger charge is -2.22. The second-order valence-electron chi connectivity index (χ2n) is 13.0. The smallest absolute Gasteiger partial charge is 0.251 e. The van der Waals surface area contributed by atoms with Crippen molar-refractivity contribution in [2.24, 2.45) is 5.41 Å². The van der Waals surface area contributed by atoms with Crippen LogP contribution in [0, 0.1) is 18.2 Å². The lowest BCUT2D eigenvalue weighted by molar-refractivity contribution is 0.0934. The maximum atomic E-state index is 15.1. The molecule has 0 aromatic heterocycles. The number of rotatable bonds is 16. The van der Waals surface area contributed by atoms with Crippen LogP contribution < -0.4 is 16.0 Å². The minimum atomic E-state index is -0.518. The predicted molar refractivity (Wildman–Crippen MR) is 172 cm³/mol. The van der Waals surface area contributed by atoms with Gasteiger partial charge in [0.1, 0.15) is 5.82 Å². The molecule has 8 heteroatoms. The summed E-state index contributed by atoms with van der Waals surface area (Å²) in [6.07, 6.45) is 7.23. The average molecular weight is 595 g/mol. The number of nitrogens with one attached hydrogen (secondary N) is 3. The van der Waals surface area contributed by atoms with E-state index in [9.17, 15) is 14.4 Å². The van der Waals surface area contributed by atoms with Gasteiger partial charge in [0.2, 0.25) is 0 Å². The fraction of sp³-hybridized carbons (Fsp3) is 0.571. The SMILES string of the molecule is CCCCN(CCCC)CCCNC(=O)c1cc(C(=O)NCC(C)(C)C)ccc1-c1cc(C(=O)NC2CC2)cc(F)c1C. The van der Waals surface area contributed by atoms with Gasteiger partial charge in [0, 0.05) is 35.8 Å². The third kappa shape index (κ3) is 10.8. The Balaban J connectivity index is 1.88. The maximum Gasteiger partial charge on any atom is 0.251 e. The molecule has 0 bridgehead atoms. The van der Waals surface area contributed by atoms with Crippen LogP contribution in [-0.2, 0) is 0 Å². The molecule has 236 valence electrons. The van der Waals surface area contributed by atoms with Crippen LogP contribution in [0.1, 0.15) is 116 Å². The van der Waals surface area contributed by atoms with Crippen molar-refractivity contribution >= 4 is 17.7 Å². The first-order chi connectivity index (χ1) is 20.4. The third-order valence-electron chi connectivity index (χ3n) is 7.71. The van der Waals surface area contributed by atoms with Gasteiger partial charge in [0.15, 0.2) is 0 Å². The molecule has 1 aliphatic carbocycles. The van der Waals surface area contributed by atoms with Crippen LogP contribution in [0.5, 0.6) is 0 Å². The van der Waals surface area contributed by atoms with Crippen LogP contribution in [-0.4, -0.2) is 61.4 Å². The molecule has 2 aromatic rings. The van der Waals surface area contributed by atoms with Gasteiger partial charge in [0.05, 0.1) is 0 Å². The van der Waals surface area contributed by atoms with Crippen molar-refractivity contribution in [3.8, 4) is 11.1 Å². The Morgan fingerprint density at radius 2 is 1.49 bits per heavy atom. The molecule has 0 unspecified atom stereocenters. The average Bonchev–Trinajstić information content (AvgIpc) is 3.79. The Morgan fingerprint density at radius 3 is 2.09 bits per heavy atom. The van der Waals surface area contributed by atoms with E-state index in [0.29, 0.717) is 35.3 Å². The van der Waals surface area contributed by atoms with Gasteiger partial charge < -0.3 is 20.9 Å². The summed E-state index contributed by atoms with van der Waals surface area (Å²) in [7, 11) is 0. The van der Waals surface area contributed by atoms with Crippen molar-refractivity contribution in [3.63, 3.8) is 0 Å². The molecule has 2 aromatic carbocycles. The van der Waals surface area contributed by atoms with E-state index < -0.39 is 5.82 Å². The largest absolute Gasteiger partial charge is 0.352 e. The zero-order valence-electron chi connectivity index (χ0n) is 27.0. The summed E-state index contributed by atoms with van der Waals surface area (Å²) >= 11 is 0. The van der Waals surface area contributed by atoms with Gasteiger partial charge in [-0.25, -0.2) is 4.39 Å². The van der Waals surface area contributed by atoms with E-state index in [1.54, 1.807) is 31.2 Å². The van der Waals surface area contributed by atoms with E-state index in [1.807, 2.05) is 20.8 Å². The van der Waals surface area contributed by atoms with Crippen molar-refractivity contribution in [1.29, 1.82) is 0 Å². The highest BCUT2D eigenvalue weighted by molar-refractivity contribution is 6.05. The first-order valence-corrected chi connectivity index (χ1v) is 16.0. The van der Waals surface area contributed by atoms with Crippen molar-refractivity contribution in [2.45, 2.75) is 92.5 Å². The van der Waals surface area contributed by atoms with E-state index in [2.05, 4.69) is 34.7 Å². The van der Waals surface area contributed by atoms with Gasteiger partial charge in [0.25, 0.3) is 17.7 Å². The number of halogens is 1. The van der Waals surface area contributed by atoms with Crippen molar-refractivity contribution in [3.05, 3.63) is 58.4 Å². The zero-order valence-corrected chi connectivity index (χ0v) is 27.0. The van der Waals surface area contributed by atoms with Crippen LogP contribution >= 0.6 is 0 Å². The topological polar surface area (TPSA) is 90.5 Å². The molecule has 0 atom stereocenters. The summed E-state index contributed by atoms with van der Waals surface area (Å²) in [5.74, 6) is -1.46. The fourth-order valence-corrected chi connectivity index (χ4v) is 4.84. The number of unbranched alkanes of at least 4 members (excludes halogenated alkanes) is 2. The summed E-state index contributed by atoms with van der Waals surface area (Å²) in [5, 5.41) is 8.89. The van der Waals surface area contributed by atoms with Gasteiger partial charge in [-0.1, -0.05) is 53.5 Å². The molecule has 43 heavy (non-hydrogen) atoms. The summed E-state index contributed by atoms with van der Waals surface area (Å²) in [5.41, 5.74) is 2.01. The normalized spacial score (nSPS) is 13.2. The molecular weight excluding hydrogens is 543 g/mol. The molecule has 3 amide bonds. The Hall–Kier alpha value is -3.26. The quantitative estimate of drug-likeness (QED) is 0.194. The summed E-state index contributed by atoms with van der Waals surface area (Å²) in [6.45, 7) is 16.1. The van der Waals surface area contributed by atoms with Crippen LogP contribution in [0.15, 0.2) is 30.3 Å². The van der Waals surface area contributed by atoms with Crippen LogP contribution in [0.3, 0.4) is 0 Å². The number of hydrogen-bond acceptors (Lipinski definition) is 4. The molecule has 1 saturated carbocycles. The number of hydrogen-bond donors (Lipinski definition) is 3. The van der Waals surface area contributed by atoms with E-state index in [4.69, 9.17) is 0 Å². The van der Waals surface area contributed by atoms with Crippen LogP contribution in [0.4, 0.5) is 4.39 Å². The van der Waals surface area contributed by atoms with Crippen molar-refractivity contribution in [2.75, 3.05) is 32.7 Å². The monoisotopic (exact) mass is 594 g/mol. The zero-order chi connectivity index (χ0) is 31.6. The first-order valence-electron chi connectivity index (χ1n) is 16.0. The van der Waals surface area contributed by atoms with E-state index >= 15 is 4.39 Å². The van der Waals surface area contributed by atoms with E-state index in [0.717, 1.165) is 64.6 Å².